The topological polar surface area (TPSA) is 49.3 Å². The lowest BCUT2D eigenvalue weighted by Crippen LogP contribution is -2.27. The molecule has 1 unspecified atom stereocenters. The summed E-state index contributed by atoms with van der Waals surface area (Å²) in [6.07, 6.45) is 1.17. The zero-order chi connectivity index (χ0) is 14.6. The van der Waals surface area contributed by atoms with Crippen LogP contribution in [-0.4, -0.2) is 22.9 Å². The Morgan fingerprint density at radius 2 is 2.05 bits per heavy atom. The first kappa shape index (κ1) is 15.6. The third-order valence-corrected chi connectivity index (χ3v) is 3.09. The maximum Gasteiger partial charge on any atom is 0.254 e. The first-order chi connectivity index (χ1) is 8.88. The number of halogens is 4. The highest BCUT2D eigenvalue weighted by Crippen LogP contribution is 2.25. The average Bonchev–Trinajstić information content (AvgIpc) is 2.39. The first-order valence-corrected chi connectivity index (χ1v) is 6.10. The Bertz CT molecular complexity index is 483. The molecule has 0 aromatic heterocycles. The van der Waals surface area contributed by atoms with Crippen molar-refractivity contribution in [1.29, 1.82) is 0 Å². The van der Waals surface area contributed by atoms with E-state index in [1.54, 1.807) is 0 Å². The van der Waals surface area contributed by atoms with E-state index in [4.69, 9.17) is 16.7 Å². The predicted octanol–water partition coefficient (Wildman–Crippen LogP) is 2.95. The monoisotopic (exact) mass is 295 g/mol. The van der Waals surface area contributed by atoms with Crippen LogP contribution in [0.2, 0.25) is 0 Å². The zero-order valence-corrected chi connectivity index (χ0v) is 10.9. The van der Waals surface area contributed by atoms with Crippen LogP contribution in [0.5, 0.6) is 5.75 Å². The summed E-state index contributed by atoms with van der Waals surface area (Å²) in [5.41, 5.74) is -0.751. The van der Waals surface area contributed by atoms with Gasteiger partial charge in [-0.3, -0.25) is 4.79 Å². The van der Waals surface area contributed by atoms with Gasteiger partial charge < -0.3 is 10.4 Å². The van der Waals surface area contributed by atoms with Crippen LogP contribution in [0.3, 0.4) is 0 Å². The Balaban J connectivity index is 2.78. The Morgan fingerprint density at radius 3 is 2.63 bits per heavy atom. The smallest absolute Gasteiger partial charge is 0.254 e. The molecule has 106 valence electrons. The van der Waals surface area contributed by atoms with Crippen LogP contribution in [0.25, 0.3) is 0 Å². The number of amides is 1. The number of carbonyl (C=O) groups is 1. The molecule has 0 saturated heterocycles. The third kappa shape index (κ3) is 3.76. The number of phenols is 1. The second-order valence-electron chi connectivity index (χ2n) is 3.93. The number of phenolic OH excluding ortho intramolecular Hbond substituents is 1. The summed E-state index contributed by atoms with van der Waals surface area (Å²) in [7, 11) is 0. The molecule has 19 heavy (non-hydrogen) atoms. The number of carbonyl (C=O) groups excluding carboxylic acids is 1. The van der Waals surface area contributed by atoms with Crippen molar-refractivity contribution in [3.8, 4) is 5.75 Å². The average molecular weight is 296 g/mol. The molecular formula is C12H13ClF3NO2. The van der Waals surface area contributed by atoms with Crippen LogP contribution >= 0.6 is 11.6 Å². The zero-order valence-electron chi connectivity index (χ0n) is 10.1. The van der Waals surface area contributed by atoms with Crippen molar-refractivity contribution in [2.45, 2.75) is 25.1 Å². The standard InChI is InChI=1S/C12H13ClF3NO2/c1-2-6(13)3-4-17-12(19)7-5-8(14)10(16)11(18)9(7)15/h5-6,18H,2-4H2,1H3,(H,17,19). The molecule has 0 aliphatic carbocycles. The van der Waals surface area contributed by atoms with E-state index in [1.165, 1.54) is 0 Å². The minimum Gasteiger partial charge on any atom is -0.503 e. The van der Waals surface area contributed by atoms with Gasteiger partial charge in [-0.15, -0.1) is 11.6 Å². The van der Waals surface area contributed by atoms with Crippen LogP contribution in [0.4, 0.5) is 13.2 Å². The molecule has 2 N–H and O–H groups in total. The summed E-state index contributed by atoms with van der Waals surface area (Å²) in [6, 6.07) is 0.401. The summed E-state index contributed by atoms with van der Waals surface area (Å²) in [4.78, 5) is 11.6. The molecule has 0 aliphatic heterocycles. The van der Waals surface area contributed by atoms with E-state index >= 15 is 0 Å². The molecular weight excluding hydrogens is 283 g/mol. The summed E-state index contributed by atoms with van der Waals surface area (Å²) in [5.74, 6) is -7.15. The van der Waals surface area contributed by atoms with E-state index < -0.39 is 34.7 Å². The van der Waals surface area contributed by atoms with Gasteiger partial charge in [-0.05, 0) is 18.9 Å². The van der Waals surface area contributed by atoms with E-state index in [1.807, 2.05) is 6.92 Å². The minimum atomic E-state index is -1.72. The van der Waals surface area contributed by atoms with Crippen LogP contribution < -0.4 is 5.32 Å². The van der Waals surface area contributed by atoms with Gasteiger partial charge in [0.25, 0.3) is 5.91 Å². The lowest BCUT2D eigenvalue weighted by atomic mass is 10.1. The maximum absolute atomic E-state index is 13.4. The van der Waals surface area contributed by atoms with Crippen LogP contribution in [0.1, 0.15) is 30.1 Å². The molecule has 1 atom stereocenters. The minimum absolute atomic E-state index is 0.136. The van der Waals surface area contributed by atoms with Crippen LogP contribution in [0.15, 0.2) is 6.07 Å². The van der Waals surface area contributed by atoms with Gasteiger partial charge in [-0.2, -0.15) is 4.39 Å². The predicted molar refractivity (Wildman–Crippen MR) is 64.9 cm³/mol. The number of benzene rings is 1. The summed E-state index contributed by atoms with van der Waals surface area (Å²) < 4.78 is 39.2. The van der Waals surface area contributed by atoms with Gasteiger partial charge in [0.15, 0.2) is 17.4 Å². The van der Waals surface area contributed by atoms with E-state index in [9.17, 15) is 18.0 Å². The summed E-state index contributed by atoms with van der Waals surface area (Å²) >= 11 is 5.82. The van der Waals surface area contributed by atoms with Crippen molar-refractivity contribution in [3.63, 3.8) is 0 Å². The highest BCUT2D eigenvalue weighted by Gasteiger charge is 2.22. The molecule has 0 saturated carbocycles. The molecule has 1 aromatic rings. The van der Waals surface area contributed by atoms with Gasteiger partial charge in [0.2, 0.25) is 5.82 Å². The Kier molecular flexibility index (Phi) is 5.47. The molecule has 1 rings (SSSR count). The molecule has 1 amide bonds. The molecule has 0 radical (unpaired) electrons. The van der Waals surface area contributed by atoms with Crippen LogP contribution in [-0.2, 0) is 0 Å². The van der Waals surface area contributed by atoms with E-state index in [2.05, 4.69) is 5.32 Å². The highest BCUT2D eigenvalue weighted by molar-refractivity contribution is 6.20. The van der Waals surface area contributed by atoms with Crippen molar-refractivity contribution in [2.24, 2.45) is 0 Å². The first-order valence-electron chi connectivity index (χ1n) is 5.67. The summed E-state index contributed by atoms with van der Waals surface area (Å²) in [5, 5.41) is 11.2. The number of aromatic hydroxyl groups is 1. The quantitative estimate of drug-likeness (QED) is 0.648. The Labute approximate surface area is 113 Å². The van der Waals surface area contributed by atoms with Gasteiger partial charge in [0.05, 0.1) is 5.56 Å². The highest BCUT2D eigenvalue weighted by atomic mass is 35.5. The fourth-order valence-electron chi connectivity index (χ4n) is 1.40. The number of hydrogen-bond donors (Lipinski definition) is 2. The van der Waals surface area contributed by atoms with Crippen molar-refractivity contribution < 1.29 is 23.1 Å². The van der Waals surface area contributed by atoms with E-state index in [-0.39, 0.29) is 11.9 Å². The second-order valence-corrected chi connectivity index (χ2v) is 4.55. The van der Waals surface area contributed by atoms with Crippen molar-refractivity contribution in [3.05, 3.63) is 29.1 Å². The second kappa shape index (κ2) is 6.65. The van der Waals surface area contributed by atoms with Crippen molar-refractivity contribution in [1.82, 2.24) is 5.32 Å². The molecule has 3 nitrogen and oxygen atoms in total. The number of rotatable bonds is 5. The van der Waals surface area contributed by atoms with Gasteiger partial charge in [-0.25, -0.2) is 8.78 Å². The molecule has 0 heterocycles. The molecule has 0 spiro atoms. The van der Waals surface area contributed by atoms with Gasteiger partial charge in [-0.1, -0.05) is 6.92 Å². The van der Waals surface area contributed by atoms with Crippen molar-refractivity contribution in [2.75, 3.05) is 6.54 Å². The molecule has 0 bridgehead atoms. The van der Waals surface area contributed by atoms with Crippen LogP contribution in [0, 0.1) is 17.5 Å². The van der Waals surface area contributed by atoms with E-state index in [0.29, 0.717) is 18.9 Å². The van der Waals surface area contributed by atoms with Gasteiger partial charge in [0, 0.05) is 11.9 Å². The fraction of sp³-hybridized carbons (Fsp3) is 0.417. The maximum atomic E-state index is 13.4. The third-order valence-electron chi connectivity index (χ3n) is 2.56. The molecule has 1 aromatic carbocycles. The van der Waals surface area contributed by atoms with Gasteiger partial charge >= 0.3 is 0 Å². The fourth-order valence-corrected chi connectivity index (χ4v) is 1.51. The normalized spacial score (nSPS) is 12.3. The molecule has 7 heteroatoms. The lowest BCUT2D eigenvalue weighted by molar-refractivity contribution is 0.0947. The Hall–Kier alpha value is -1.43. The lowest BCUT2D eigenvalue weighted by Gasteiger charge is -2.09. The summed E-state index contributed by atoms with van der Waals surface area (Å²) in [6.45, 7) is 2.03. The van der Waals surface area contributed by atoms with Gasteiger partial charge in [0.1, 0.15) is 0 Å². The van der Waals surface area contributed by atoms with Crippen molar-refractivity contribution >= 4 is 17.5 Å². The number of alkyl halides is 1. The molecule has 0 fully saturated rings. The number of nitrogens with one attached hydrogen (secondary N) is 1. The number of hydrogen-bond acceptors (Lipinski definition) is 2. The Morgan fingerprint density at radius 1 is 1.42 bits per heavy atom. The molecule has 0 aliphatic rings. The largest absolute Gasteiger partial charge is 0.503 e. The van der Waals surface area contributed by atoms with E-state index in [0.717, 1.165) is 0 Å². The SMILES string of the molecule is CCC(Cl)CCNC(=O)c1cc(F)c(F)c(O)c1F.